The maximum Gasteiger partial charge on any atom is 0.426 e. The molecule has 0 N–H and O–H groups in total. The van der Waals surface area contributed by atoms with E-state index in [1.54, 1.807) is 12.1 Å². The first-order chi connectivity index (χ1) is 7.34. The van der Waals surface area contributed by atoms with Gasteiger partial charge in [0.15, 0.2) is 0 Å². The van der Waals surface area contributed by atoms with Gasteiger partial charge in [-0.1, -0.05) is 22.0 Å². The van der Waals surface area contributed by atoms with Gasteiger partial charge in [-0.15, -0.1) is 0 Å². The van der Waals surface area contributed by atoms with E-state index < -0.39 is 18.3 Å². The van der Waals surface area contributed by atoms with Crippen LogP contribution in [0.1, 0.15) is 24.0 Å². The van der Waals surface area contributed by atoms with Gasteiger partial charge in [-0.2, -0.15) is 13.2 Å². The molecule has 1 aromatic carbocycles. The van der Waals surface area contributed by atoms with Crippen LogP contribution in [0.25, 0.3) is 0 Å². The van der Waals surface area contributed by atoms with Crippen molar-refractivity contribution in [1.29, 1.82) is 0 Å². The van der Waals surface area contributed by atoms with Crippen LogP contribution in [0.2, 0.25) is 0 Å². The fraction of sp³-hybridized carbons (Fsp3) is 0.455. The third kappa shape index (κ3) is 1.75. The molecule has 1 aromatic rings. The van der Waals surface area contributed by atoms with Gasteiger partial charge in [0.2, 0.25) is 5.67 Å². The van der Waals surface area contributed by atoms with Crippen molar-refractivity contribution < 1.29 is 17.6 Å². The SMILES string of the molecule is FC(F)(F)C1(F)CCCc2ccc(Br)cc21. The fourth-order valence-electron chi connectivity index (χ4n) is 2.09. The quantitative estimate of drug-likeness (QED) is 0.618. The number of rotatable bonds is 0. The van der Waals surface area contributed by atoms with Gasteiger partial charge in [0.05, 0.1) is 0 Å². The lowest BCUT2D eigenvalue weighted by molar-refractivity contribution is -0.240. The second kappa shape index (κ2) is 3.72. The molecule has 0 aliphatic heterocycles. The molecule has 1 unspecified atom stereocenters. The molecule has 0 amide bonds. The third-order valence-electron chi connectivity index (χ3n) is 2.92. The highest BCUT2D eigenvalue weighted by Crippen LogP contribution is 2.50. The van der Waals surface area contributed by atoms with E-state index in [4.69, 9.17) is 0 Å². The summed E-state index contributed by atoms with van der Waals surface area (Å²) >= 11 is 3.07. The second-order valence-corrected chi connectivity index (χ2v) is 4.87. The van der Waals surface area contributed by atoms with Crippen molar-refractivity contribution in [3.63, 3.8) is 0 Å². The Labute approximate surface area is 98.8 Å². The fourth-order valence-corrected chi connectivity index (χ4v) is 2.45. The Morgan fingerprint density at radius 1 is 1.25 bits per heavy atom. The largest absolute Gasteiger partial charge is 0.426 e. The zero-order valence-corrected chi connectivity index (χ0v) is 9.83. The van der Waals surface area contributed by atoms with Crippen molar-refractivity contribution in [2.75, 3.05) is 0 Å². The highest BCUT2D eigenvalue weighted by Gasteiger charge is 2.58. The number of halogens is 5. The summed E-state index contributed by atoms with van der Waals surface area (Å²) in [5, 5.41) is 0. The normalized spacial score (nSPS) is 25.3. The van der Waals surface area contributed by atoms with Crippen molar-refractivity contribution in [2.24, 2.45) is 0 Å². The first kappa shape index (κ1) is 11.9. The molecular formula is C11H9BrF4. The lowest BCUT2D eigenvalue weighted by Crippen LogP contribution is -2.41. The van der Waals surface area contributed by atoms with E-state index in [-0.39, 0.29) is 12.0 Å². The average molecular weight is 297 g/mol. The molecular weight excluding hydrogens is 288 g/mol. The molecule has 1 atom stereocenters. The maximum absolute atomic E-state index is 14.1. The average Bonchev–Trinajstić information content (AvgIpc) is 2.18. The molecule has 5 heteroatoms. The molecule has 1 aliphatic carbocycles. The van der Waals surface area contributed by atoms with Gasteiger partial charge in [0.25, 0.3) is 0 Å². The molecule has 0 nitrogen and oxygen atoms in total. The van der Waals surface area contributed by atoms with Crippen LogP contribution in [0.3, 0.4) is 0 Å². The van der Waals surface area contributed by atoms with E-state index in [1.807, 2.05) is 0 Å². The monoisotopic (exact) mass is 296 g/mol. The van der Waals surface area contributed by atoms with E-state index in [0.29, 0.717) is 16.5 Å². The standard InChI is InChI=1S/C11H9BrF4/c12-8-4-3-7-2-1-5-10(13,9(7)6-8)11(14,15)16/h3-4,6H,1-2,5H2. The summed E-state index contributed by atoms with van der Waals surface area (Å²) in [6.45, 7) is 0. The second-order valence-electron chi connectivity index (χ2n) is 3.95. The Morgan fingerprint density at radius 3 is 2.56 bits per heavy atom. The summed E-state index contributed by atoms with van der Waals surface area (Å²) in [6.07, 6.45) is -4.60. The van der Waals surface area contributed by atoms with Crippen LogP contribution in [0.4, 0.5) is 17.6 Å². The van der Waals surface area contributed by atoms with Crippen molar-refractivity contribution in [3.05, 3.63) is 33.8 Å². The highest BCUT2D eigenvalue weighted by atomic mass is 79.9. The van der Waals surface area contributed by atoms with E-state index in [9.17, 15) is 17.6 Å². The van der Waals surface area contributed by atoms with Gasteiger partial charge in [-0.05, 0) is 37.0 Å². The highest BCUT2D eigenvalue weighted by molar-refractivity contribution is 9.10. The van der Waals surface area contributed by atoms with Crippen molar-refractivity contribution in [1.82, 2.24) is 0 Å². The van der Waals surface area contributed by atoms with Gasteiger partial charge >= 0.3 is 6.18 Å². The first-order valence-corrected chi connectivity index (χ1v) is 5.68. The minimum Gasteiger partial charge on any atom is -0.229 e. The lowest BCUT2D eigenvalue weighted by Gasteiger charge is -2.33. The minimum absolute atomic E-state index is 0.227. The maximum atomic E-state index is 14.1. The van der Waals surface area contributed by atoms with Crippen molar-refractivity contribution in [3.8, 4) is 0 Å². The Morgan fingerprint density at radius 2 is 1.94 bits per heavy atom. The van der Waals surface area contributed by atoms with Gasteiger partial charge in [-0.25, -0.2) is 4.39 Å². The van der Waals surface area contributed by atoms with Crippen LogP contribution in [0, 0.1) is 0 Å². The zero-order valence-electron chi connectivity index (χ0n) is 8.24. The first-order valence-electron chi connectivity index (χ1n) is 4.89. The van der Waals surface area contributed by atoms with Crippen molar-refractivity contribution >= 4 is 15.9 Å². The minimum atomic E-state index is -4.84. The Balaban J connectivity index is 2.59. The van der Waals surface area contributed by atoms with Crippen LogP contribution in [-0.4, -0.2) is 6.18 Å². The number of hydrogen-bond donors (Lipinski definition) is 0. The summed E-state index contributed by atoms with van der Waals surface area (Å²) in [5.41, 5.74) is -2.97. The van der Waals surface area contributed by atoms with E-state index in [1.165, 1.54) is 6.07 Å². The molecule has 0 aromatic heterocycles. The molecule has 0 fully saturated rings. The molecule has 0 radical (unpaired) electrons. The number of aryl methyl sites for hydroxylation is 1. The Hall–Kier alpha value is -0.580. The summed E-state index contributed by atoms with van der Waals surface area (Å²) in [6, 6.07) is 4.43. The zero-order chi connectivity index (χ0) is 12.0. The molecule has 0 bridgehead atoms. The predicted molar refractivity (Wildman–Crippen MR) is 55.9 cm³/mol. The van der Waals surface area contributed by atoms with Gasteiger partial charge in [0, 0.05) is 10.0 Å². The molecule has 0 spiro atoms. The van der Waals surface area contributed by atoms with Crippen LogP contribution >= 0.6 is 15.9 Å². The number of fused-ring (bicyclic) bond motifs is 1. The smallest absolute Gasteiger partial charge is 0.229 e. The van der Waals surface area contributed by atoms with Gasteiger partial charge < -0.3 is 0 Å². The van der Waals surface area contributed by atoms with Crippen LogP contribution in [0.15, 0.2) is 22.7 Å². The van der Waals surface area contributed by atoms with Crippen LogP contribution < -0.4 is 0 Å². The van der Waals surface area contributed by atoms with Gasteiger partial charge in [-0.3, -0.25) is 0 Å². The summed E-state index contributed by atoms with van der Waals surface area (Å²) in [4.78, 5) is 0. The van der Waals surface area contributed by atoms with E-state index in [0.717, 1.165) is 0 Å². The molecule has 0 saturated heterocycles. The number of alkyl halides is 4. The molecule has 2 rings (SSSR count). The Bertz CT molecular complexity index is 413. The number of hydrogen-bond acceptors (Lipinski definition) is 0. The summed E-state index contributed by atoms with van der Waals surface area (Å²) in [5.74, 6) is 0. The topological polar surface area (TPSA) is 0 Å². The number of benzene rings is 1. The molecule has 1 aliphatic rings. The Kier molecular flexibility index (Phi) is 2.77. The molecule has 16 heavy (non-hydrogen) atoms. The summed E-state index contributed by atoms with van der Waals surface area (Å²) in [7, 11) is 0. The van der Waals surface area contributed by atoms with Gasteiger partial charge in [0.1, 0.15) is 0 Å². The van der Waals surface area contributed by atoms with E-state index in [2.05, 4.69) is 15.9 Å². The van der Waals surface area contributed by atoms with E-state index >= 15 is 0 Å². The third-order valence-corrected chi connectivity index (χ3v) is 3.41. The van der Waals surface area contributed by atoms with Crippen LogP contribution in [0.5, 0.6) is 0 Å². The molecule has 0 saturated carbocycles. The predicted octanol–water partition coefficient (Wildman–Crippen LogP) is 4.51. The van der Waals surface area contributed by atoms with Crippen molar-refractivity contribution in [2.45, 2.75) is 31.1 Å². The molecule has 88 valence electrons. The lowest BCUT2D eigenvalue weighted by atomic mass is 9.80. The molecule has 0 heterocycles. The van der Waals surface area contributed by atoms with Crippen LogP contribution in [-0.2, 0) is 12.1 Å². The summed E-state index contributed by atoms with van der Waals surface area (Å²) < 4.78 is 52.8.